The van der Waals surface area contributed by atoms with Gasteiger partial charge in [0.05, 0.1) is 17.6 Å². The van der Waals surface area contributed by atoms with Gasteiger partial charge in [-0.25, -0.2) is 4.68 Å². The van der Waals surface area contributed by atoms with Crippen LogP contribution < -0.4 is 5.32 Å². The first-order valence-corrected chi connectivity index (χ1v) is 7.30. The number of aromatic nitrogens is 3. The van der Waals surface area contributed by atoms with Crippen molar-refractivity contribution in [2.45, 2.75) is 20.4 Å². The van der Waals surface area contributed by atoms with Crippen molar-refractivity contribution in [3.05, 3.63) is 39.6 Å². The Hall–Kier alpha value is -0.910. The molecular formula is C13H16BrClN4. The van der Waals surface area contributed by atoms with Gasteiger partial charge in [-0.05, 0) is 46.6 Å². The van der Waals surface area contributed by atoms with E-state index in [9.17, 15) is 0 Å². The first-order valence-electron chi connectivity index (χ1n) is 6.13. The Morgan fingerprint density at radius 1 is 1.42 bits per heavy atom. The molecule has 1 N–H and O–H groups in total. The lowest BCUT2D eigenvalue weighted by Crippen LogP contribution is -2.19. The molecule has 1 heterocycles. The molecule has 4 nitrogen and oxygen atoms in total. The highest BCUT2D eigenvalue weighted by molar-refractivity contribution is 9.10. The molecule has 6 heteroatoms. The Morgan fingerprint density at radius 2 is 2.21 bits per heavy atom. The van der Waals surface area contributed by atoms with Gasteiger partial charge < -0.3 is 5.32 Å². The van der Waals surface area contributed by atoms with E-state index in [0.717, 1.165) is 28.9 Å². The number of halogens is 2. The van der Waals surface area contributed by atoms with E-state index in [-0.39, 0.29) is 0 Å². The number of rotatable bonds is 5. The summed E-state index contributed by atoms with van der Waals surface area (Å²) in [5.74, 6) is 0.622. The van der Waals surface area contributed by atoms with Gasteiger partial charge in [-0.1, -0.05) is 30.7 Å². The molecule has 2 aromatic rings. The molecule has 102 valence electrons. The van der Waals surface area contributed by atoms with Gasteiger partial charge in [0.2, 0.25) is 0 Å². The first kappa shape index (κ1) is 14.5. The summed E-state index contributed by atoms with van der Waals surface area (Å²) in [5, 5.41) is 12.3. The van der Waals surface area contributed by atoms with Gasteiger partial charge in [-0.2, -0.15) is 0 Å². The summed E-state index contributed by atoms with van der Waals surface area (Å²) >= 11 is 9.48. The average Bonchev–Trinajstić information content (AvgIpc) is 2.80. The number of nitrogens with one attached hydrogen (secondary N) is 1. The second-order valence-corrected chi connectivity index (χ2v) is 6.07. The van der Waals surface area contributed by atoms with Gasteiger partial charge in [0, 0.05) is 16.0 Å². The molecule has 19 heavy (non-hydrogen) atoms. The Bertz CT molecular complexity index is 553. The van der Waals surface area contributed by atoms with Crippen LogP contribution in [-0.2, 0) is 6.54 Å². The summed E-state index contributed by atoms with van der Waals surface area (Å²) in [5.41, 5.74) is 1.79. The highest BCUT2D eigenvalue weighted by Gasteiger charge is 2.07. The highest BCUT2D eigenvalue weighted by atomic mass is 79.9. The van der Waals surface area contributed by atoms with Gasteiger partial charge in [0.1, 0.15) is 0 Å². The quantitative estimate of drug-likeness (QED) is 0.904. The fourth-order valence-electron chi connectivity index (χ4n) is 1.65. The molecule has 0 radical (unpaired) electrons. The molecule has 0 spiro atoms. The zero-order valence-electron chi connectivity index (χ0n) is 10.9. The predicted molar refractivity (Wildman–Crippen MR) is 80.6 cm³/mol. The maximum absolute atomic E-state index is 6.00. The standard InChI is InChI=1S/C13H16BrClN4/c1-9(2)6-16-7-11-8-19(18-17-11)13-5-10(15)3-4-12(13)14/h3-5,8-9,16H,6-7H2,1-2H3. The van der Waals surface area contributed by atoms with E-state index >= 15 is 0 Å². The van der Waals surface area contributed by atoms with Crippen molar-refractivity contribution in [1.29, 1.82) is 0 Å². The molecule has 1 aromatic heterocycles. The zero-order chi connectivity index (χ0) is 13.8. The van der Waals surface area contributed by atoms with Crippen molar-refractivity contribution < 1.29 is 0 Å². The van der Waals surface area contributed by atoms with E-state index in [1.54, 1.807) is 4.68 Å². The number of hydrogen-bond acceptors (Lipinski definition) is 3. The van der Waals surface area contributed by atoms with Crippen LogP contribution in [0.4, 0.5) is 0 Å². The Morgan fingerprint density at radius 3 is 2.95 bits per heavy atom. The molecule has 1 aromatic carbocycles. The molecule has 0 aliphatic heterocycles. The summed E-state index contributed by atoms with van der Waals surface area (Å²) in [6.45, 7) is 6.03. The molecule has 0 unspecified atom stereocenters. The normalized spacial score (nSPS) is 11.2. The second-order valence-electron chi connectivity index (χ2n) is 4.77. The zero-order valence-corrected chi connectivity index (χ0v) is 13.2. The smallest absolute Gasteiger partial charge is 0.0969 e. The third kappa shape index (κ3) is 4.03. The topological polar surface area (TPSA) is 42.7 Å². The second kappa shape index (κ2) is 6.50. The third-order valence-corrected chi connectivity index (χ3v) is 3.46. The minimum Gasteiger partial charge on any atom is -0.311 e. The van der Waals surface area contributed by atoms with Crippen LogP contribution in [0.25, 0.3) is 5.69 Å². The van der Waals surface area contributed by atoms with Crippen LogP contribution in [0.1, 0.15) is 19.5 Å². The fourth-order valence-corrected chi connectivity index (χ4v) is 2.24. The summed E-state index contributed by atoms with van der Waals surface area (Å²) in [4.78, 5) is 0. The maximum atomic E-state index is 6.00. The lowest BCUT2D eigenvalue weighted by molar-refractivity contribution is 0.548. The molecule has 0 amide bonds. The average molecular weight is 344 g/mol. The minimum atomic E-state index is 0.622. The Labute approximate surface area is 126 Å². The van der Waals surface area contributed by atoms with Crippen LogP contribution in [0.15, 0.2) is 28.9 Å². The SMILES string of the molecule is CC(C)CNCc1cn(-c2cc(Cl)ccc2Br)nn1. The van der Waals surface area contributed by atoms with E-state index in [4.69, 9.17) is 11.6 Å². The van der Waals surface area contributed by atoms with E-state index in [0.29, 0.717) is 10.9 Å². The van der Waals surface area contributed by atoms with Crippen molar-refractivity contribution >= 4 is 27.5 Å². The van der Waals surface area contributed by atoms with Gasteiger partial charge in [-0.15, -0.1) is 5.10 Å². The molecule has 0 atom stereocenters. The van der Waals surface area contributed by atoms with Crippen LogP contribution in [0.2, 0.25) is 5.02 Å². The van der Waals surface area contributed by atoms with Crippen molar-refractivity contribution in [3.63, 3.8) is 0 Å². The van der Waals surface area contributed by atoms with E-state index in [1.807, 2.05) is 24.4 Å². The molecule has 2 rings (SSSR count). The van der Waals surface area contributed by atoms with E-state index in [1.165, 1.54) is 0 Å². The number of benzene rings is 1. The Balaban J connectivity index is 2.10. The van der Waals surface area contributed by atoms with Crippen molar-refractivity contribution in [2.24, 2.45) is 5.92 Å². The summed E-state index contributed by atoms with van der Waals surface area (Å²) in [6, 6.07) is 5.58. The molecule has 0 fully saturated rings. The minimum absolute atomic E-state index is 0.622. The molecular weight excluding hydrogens is 328 g/mol. The van der Waals surface area contributed by atoms with Gasteiger partial charge >= 0.3 is 0 Å². The third-order valence-electron chi connectivity index (χ3n) is 2.55. The molecule has 0 saturated carbocycles. The Kier molecular flexibility index (Phi) is 4.96. The van der Waals surface area contributed by atoms with Gasteiger partial charge in [0.15, 0.2) is 0 Å². The van der Waals surface area contributed by atoms with Gasteiger partial charge in [-0.3, -0.25) is 0 Å². The van der Waals surface area contributed by atoms with E-state index in [2.05, 4.69) is 45.4 Å². The molecule has 0 bridgehead atoms. The van der Waals surface area contributed by atoms with Crippen molar-refractivity contribution in [3.8, 4) is 5.69 Å². The summed E-state index contributed by atoms with van der Waals surface area (Å²) in [7, 11) is 0. The van der Waals surface area contributed by atoms with Crippen LogP contribution >= 0.6 is 27.5 Å². The van der Waals surface area contributed by atoms with Crippen LogP contribution in [-0.4, -0.2) is 21.5 Å². The summed E-state index contributed by atoms with van der Waals surface area (Å²) < 4.78 is 2.66. The number of hydrogen-bond donors (Lipinski definition) is 1. The maximum Gasteiger partial charge on any atom is 0.0969 e. The largest absolute Gasteiger partial charge is 0.311 e. The number of nitrogens with zero attached hydrogens (tertiary/aromatic N) is 3. The summed E-state index contributed by atoms with van der Waals surface area (Å²) in [6.07, 6.45) is 1.91. The van der Waals surface area contributed by atoms with Crippen LogP contribution in [0.5, 0.6) is 0 Å². The lowest BCUT2D eigenvalue weighted by Gasteiger charge is -2.05. The van der Waals surface area contributed by atoms with Crippen LogP contribution in [0.3, 0.4) is 0 Å². The molecule has 0 aliphatic carbocycles. The van der Waals surface area contributed by atoms with Crippen molar-refractivity contribution in [2.75, 3.05) is 6.54 Å². The van der Waals surface area contributed by atoms with Crippen LogP contribution in [0, 0.1) is 5.92 Å². The van der Waals surface area contributed by atoms with Gasteiger partial charge in [0.25, 0.3) is 0 Å². The fraction of sp³-hybridized carbons (Fsp3) is 0.385. The predicted octanol–water partition coefficient (Wildman–Crippen LogP) is 3.43. The van der Waals surface area contributed by atoms with E-state index < -0.39 is 0 Å². The lowest BCUT2D eigenvalue weighted by atomic mass is 10.2. The van der Waals surface area contributed by atoms with Crippen molar-refractivity contribution in [1.82, 2.24) is 20.3 Å². The highest BCUT2D eigenvalue weighted by Crippen LogP contribution is 2.24. The molecule has 0 saturated heterocycles. The first-order chi connectivity index (χ1) is 9.06. The monoisotopic (exact) mass is 342 g/mol. The molecule has 0 aliphatic rings.